The van der Waals surface area contributed by atoms with Crippen LogP contribution < -0.4 is 5.32 Å². The van der Waals surface area contributed by atoms with Gasteiger partial charge in [-0.1, -0.05) is 24.3 Å². The second-order valence-corrected chi connectivity index (χ2v) is 5.18. The number of carbonyl (C=O) groups is 1. The van der Waals surface area contributed by atoms with Crippen LogP contribution in [0.4, 0.5) is 0 Å². The Hall–Kier alpha value is -2.17. The highest BCUT2D eigenvalue weighted by atomic mass is 16.1. The molecule has 5 heteroatoms. The van der Waals surface area contributed by atoms with Gasteiger partial charge in [0.15, 0.2) is 0 Å². The standard InChI is InChI=1S/C15H18N4O/c20-15(16-8-7-14-17-10-18-19-14)13-6-5-11-3-1-2-4-12(11)9-13/h1-4,10,13H,5-9H2,(H,16,20)(H,17,18,19). The molecule has 3 rings (SSSR count). The van der Waals surface area contributed by atoms with E-state index in [4.69, 9.17) is 0 Å². The summed E-state index contributed by atoms with van der Waals surface area (Å²) in [6.45, 7) is 0.603. The molecule has 1 amide bonds. The lowest BCUT2D eigenvalue weighted by atomic mass is 9.83. The van der Waals surface area contributed by atoms with E-state index in [9.17, 15) is 4.79 Å². The summed E-state index contributed by atoms with van der Waals surface area (Å²) in [4.78, 5) is 16.2. The SMILES string of the molecule is O=C(NCCc1ncn[nH]1)C1CCc2ccccc2C1. The summed E-state index contributed by atoms with van der Waals surface area (Å²) in [6.07, 6.45) is 4.95. The number of fused-ring (bicyclic) bond motifs is 1. The number of H-pyrrole nitrogens is 1. The number of nitrogens with one attached hydrogen (secondary N) is 2. The van der Waals surface area contributed by atoms with Gasteiger partial charge in [0.05, 0.1) is 0 Å². The number of aryl methyl sites for hydroxylation is 1. The predicted molar refractivity (Wildman–Crippen MR) is 75.1 cm³/mol. The summed E-state index contributed by atoms with van der Waals surface area (Å²) in [5, 5.41) is 9.57. The Kier molecular flexibility index (Phi) is 3.76. The highest BCUT2D eigenvalue weighted by Gasteiger charge is 2.23. The average molecular weight is 270 g/mol. The number of carbonyl (C=O) groups excluding carboxylic acids is 1. The fourth-order valence-corrected chi connectivity index (χ4v) is 2.72. The van der Waals surface area contributed by atoms with Crippen LogP contribution >= 0.6 is 0 Å². The average Bonchev–Trinajstić information content (AvgIpc) is 3.00. The summed E-state index contributed by atoms with van der Waals surface area (Å²) in [7, 11) is 0. The third-order valence-electron chi connectivity index (χ3n) is 3.84. The van der Waals surface area contributed by atoms with Gasteiger partial charge in [0.2, 0.25) is 5.91 Å². The molecule has 0 radical (unpaired) electrons. The van der Waals surface area contributed by atoms with Gasteiger partial charge in [-0.3, -0.25) is 9.89 Å². The zero-order valence-electron chi connectivity index (χ0n) is 11.3. The van der Waals surface area contributed by atoms with Crippen LogP contribution in [0, 0.1) is 5.92 Å². The van der Waals surface area contributed by atoms with E-state index in [1.807, 2.05) is 6.07 Å². The molecule has 104 valence electrons. The molecule has 2 N–H and O–H groups in total. The monoisotopic (exact) mass is 270 g/mol. The minimum absolute atomic E-state index is 0.0969. The molecule has 1 aliphatic carbocycles. The van der Waals surface area contributed by atoms with Gasteiger partial charge in [0.25, 0.3) is 0 Å². The van der Waals surface area contributed by atoms with Crippen molar-refractivity contribution in [2.24, 2.45) is 5.92 Å². The second kappa shape index (κ2) is 5.86. The van der Waals surface area contributed by atoms with Crippen LogP contribution in [-0.4, -0.2) is 27.6 Å². The first-order valence-electron chi connectivity index (χ1n) is 7.01. The first-order valence-corrected chi connectivity index (χ1v) is 7.01. The van der Waals surface area contributed by atoms with Gasteiger partial charge in [-0.15, -0.1) is 0 Å². The third kappa shape index (κ3) is 2.87. The van der Waals surface area contributed by atoms with Crippen LogP contribution in [0.5, 0.6) is 0 Å². The van der Waals surface area contributed by atoms with Gasteiger partial charge >= 0.3 is 0 Å². The number of aromatic amines is 1. The van der Waals surface area contributed by atoms with E-state index >= 15 is 0 Å². The molecule has 0 bridgehead atoms. The van der Waals surface area contributed by atoms with Gasteiger partial charge in [-0.05, 0) is 30.4 Å². The Morgan fingerprint density at radius 3 is 3.00 bits per heavy atom. The van der Waals surface area contributed by atoms with E-state index in [-0.39, 0.29) is 11.8 Å². The molecular weight excluding hydrogens is 252 g/mol. The summed E-state index contributed by atoms with van der Waals surface area (Å²) >= 11 is 0. The normalized spacial score (nSPS) is 17.5. The van der Waals surface area contributed by atoms with Crippen LogP contribution in [0.3, 0.4) is 0 Å². The zero-order valence-corrected chi connectivity index (χ0v) is 11.3. The van der Waals surface area contributed by atoms with Crippen molar-refractivity contribution in [3.63, 3.8) is 0 Å². The predicted octanol–water partition coefficient (Wildman–Crippen LogP) is 1.27. The van der Waals surface area contributed by atoms with Gasteiger partial charge in [-0.2, -0.15) is 5.10 Å². The van der Waals surface area contributed by atoms with Crippen molar-refractivity contribution in [2.45, 2.75) is 25.7 Å². The molecule has 1 aliphatic rings. The van der Waals surface area contributed by atoms with Crippen molar-refractivity contribution in [3.8, 4) is 0 Å². The topological polar surface area (TPSA) is 70.7 Å². The van der Waals surface area contributed by atoms with Gasteiger partial charge in [0, 0.05) is 18.9 Å². The van der Waals surface area contributed by atoms with E-state index in [1.165, 1.54) is 17.5 Å². The van der Waals surface area contributed by atoms with Crippen molar-refractivity contribution in [2.75, 3.05) is 6.54 Å². The van der Waals surface area contributed by atoms with Crippen molar-refractivity contribution in [1.82, 2.24) is 20.5 Å². The van der Waals surface area contributed by atoms with Crippen LogP contribution in [0.25, 0.3) is 0 Å². The molecule has 2 aromatic rings. The molecule has 0 saturated heterocycles. The quantitative estimate of drug-likeness (QED) is 0.879. The minimum atomic E-state index is 0.0969. The number of nitrogens with zero attached hydrogens (tertiary/aromatic N) is 2. The summed E-state index contributed by atoms with van der Waals surface area (Å²) < 4.78 is 0. The number of amides is 1. The van der Waals surface area contributed by atoms with Crippen molar-refractivity contribution < 1.29 is 4.79 Å². The molecule has 1 aromatic heterocycles. The lowest BCUT2D eigenvalue weighted by Crippen LogP contribution is -2.35. The maximum Gasteiger partial charge on any atom is 0.223 e. The number of benzene rings is 1. The van der Waals surface area contributed by atoms with Crippen LogP contribution in [0.1, 0.15) is 23.4 Å². The van der Waals surface area contributed by atoms with E-state index in [0.29, 0.717) is 13.0 Å². The number of hydrogen-bond donors (Lipinski definition) is 2. The van der Waals surface area contributed by atoms with Crippen molar-refractivity contribution in [1.29, 1.82) is 0 Å². The van der Waals surface area contributed by atoms with Gasteiger partial charge < -0.3 is 5.32 Å². The van der Waals surface area contributed by atoms with Gasteiger partial charge in [-0.25, -0.2) is 4.98 Å². The molecule has 5 nitrogen and oxygen atoms in total. The molecule has 0 saturated carbocycles. The largest absolute Gasteiger partial charge is 0.355 e. The summed E-state index contributed by atoms with van der Waals surface area (Å²) in [5.74, 6) is 1.05. The van der Waals surface area contributed by atoms with E-state index in [0.717, 1.165) is 25.1 Å². The number of hydrogen-bond acceptors (Lipinski definition) is 3. The van der Waals surface area contributed by atoms with Crippen LogP contribution in [0.2, 0.25) is 0 Å². The molecule has 0 spiro atoms. The first-order chi connectivity index (χ1) is 9.83. The zero-order chi connectivity index (χ0) is 13.8. The fourth-order valence-electron chi connectivity index (χ4n) is 2.72. The Bertz CT molecular complexity index is 579. The third-order valence-corrected chi connectivity index (χ3v) is 3.84. The molecule has 0 aliphatic heterocycles. The second-order valence-electron chi connectivity index (χ2n) is 5.18. The molecule has 1 atom stereocenters. The molecule has 20 heavy (non-hydrogen) atoms. The summed E-state index contributed by atoms with van der Waals surface area (Å²) in [5.41, 5.74) is 2.70. The minimum Gasteiger partial charge on any atom is -0.355 e. The number of aromatic nitrogens is 3. The Balaban J connectivity index is 1.51. The van der Waals surface area contributed by atoms with Crippen molar-refractivity contribution >= 4 is 5.91 Å². The van der Waals surface area contributed by atoms with Crippen LogP contribution in [-0.2, 0) is 24.1 Å². The van der Waals surface area contributed by atoms with Crippen LogP contribution in [0.15, 0.2) is 30.6 Å². The Labute approximate surface area is 117 Å². The summed E-state index contributed by atoms with van der Waals surface area (Å²) in [6, 6.07) is 8.40. The lowest BCUT2D eigenvalue weighted by Gasteiger charge is -2.23. The smallest absolute Gasteiger partial charge is 0.223 e. The Morgan fingerprint density at radius 2 is 2.20 bits per heavy atom. The maximum absolute atomic E-state index is 12.2. The molecular formula is C15H18N4O. The van der Waals surface area contributed by atoms with Gasteiger partial charge in [0.1, 0.15) is 12.2 Å². The highest BCUT2D eigenvalue weighted by molar-refractivity contribution is 5.79. The molecule has 0 fully saturated rings. The number of rotatable bonds is 4. The maximum atomic E-state index is 12.2. The highest BCUT2D eigenvalue weighted by Crippen LogP contribution is 2.25. The first kappa shape index (κ1) is 12.8. The van der Waals surface area contributed by atoms with Crippen molar-refractivity contribution in [3.05, 3.63) is 47.5 Å². The fraction of sp³-hybridized carbons (Fsp3) is 0.400. The van der Waals surface area contributed by atoms with E-state index in [2.05, 4.69) is 38.7 Å². The van der Waals surface area contributed by atoms with E-state index < -0.39 is 0 Å². The lowest BCUT2D eigenvalue weighted by molar-refractivity contribution is -0.125. The molecule has 1 unspecified atom stereocenters. The van der Waals surface area contributed by atoms with E-state index in [1.54, 1.807) is 0 Å². The Morgan fingerprint density at radius 1 is 1.35 bits per heavy atom. The molecule has 1 heterocycles. The molecule has 1 aromatic carbocycles.